The number of hydrogen-bond donors (Lipinski definition) is 2. The van der Waals surface area contributed by atoms with E-state index in [1.165, 1.54) is 5.56 Å². The highest BCUT2D eigenvalue weighted by atomic mass is 127. The Balaban J connectivity index is 0.00000450. The van der Waals surface area contributed by atoms with Crippen LogP contribution < -0.4 is 24.8 Å². The fourth-order valence-electron chi connectivity index (χ4n) is 3.05. The predicted molar refractivity (Wildman–Crippen MR) is 134 cm³/mol. The SMILES string of the molecule is CCNC(=NCc1cc(OC)c(OC)c(OC)c1)NC(C)CCc1ccccc1.I. The zero-order valence-electron chi connectivity index (χ0n) is 18.5. The molecule has 2 rings (SSSR count). The van der Waals surface area contributed by atoms with Crippen LogP contribution in [0.15, 0.2) is 47.5 Å². The van der Waals surface area contributed by atoms with Crippen molar-refractivity contribution >= 4 is 29.9 Å². The molecular formula is C23H34IN3O3. The summed E-state index contributed by atoms with van der Waals surface area (Å²) in [6.45, 7) is 5.53. The van der Waals surface area contributed by atoms with E-state index < -0.39 is 0 Å². The van der Waals surface area contributed by atoms with E-state index in [1.807, 2.05) is 18.2 Å². The monoisotopic (exact) mass is 527 g/mol. The van der Waals surface area contributed by atoms with Gasteiger partial charge in [0.25, 0.3) is 0 Å². The maximum Gasteiger partial charge on any atom is 0.203 e. The van der Waals surface area contributed by atoms with E-state index >= 15 is 0 Å². The molecule has 0 aromatic heterocycles. The fourth-order valence-corrected chi connectivity index (χ4v) is 3.05. The molecule has 6 nitrogen and oxygen atoms in total. The van der Waals surface area contributed by atoms with Crippen molar-refractivity contribution in [1.29, 1.82) is 0 Å². The third-order valence-electron chi connectivity index (χ3n) is 4.58. The molecule has 7 heteroatoms. The van der Waals surface area contributed by atoms with Crippen LogP contribution in [0.25, 0.3) is 0 Å². The number of rotatable bonds is 10. The van der Waals surface area contributed by atoms with E-state index in [2.05, 4.69) is 48.7 Å². The first-order valence-corrected chi connectivity index (χ1v) is 9.98. The summed E-state index contributed by atoms with van der Waals surface area (Å²) < 4.78 is 16.2. The molecular weight excluding hydrogens is 493 g/mol. The molecule has 0 saturated carbocycles. The second-order valence-electron chi connectivity index (χ2n) is 6.80. The third-order valence-corrected chi connectivity index (χ3v) is 4.58. The molecule has 0 aliphatic heterocycles. The summed E-state index contributed by atoms with van der Waals surface area (Å²) in [7, 11) is 4.83. The van der Waals surface area contributed by atoms with Crippen molar-refractivity contribution in [2.45, 2.75) is 39.3 Å². The largest absolute Gasteiger partial charge is 0.493 e. The number of nitrogens with one attached hydrogen (secondary N) is 2. The van der Waals surface area contributed by atoms with Crippen LogP contribution in [0.2, 0.25) is 0 Å². The topological polar surface area (TPSA) is 64.1 Å². The average molecular weight is 527 g/mol. The van der Waals surface area contributed by atoms with Crippen LogP contribution in [0, 0.1) is 0 Å². The number of ether oxygens (including phenoxy) is 3. The molecule has 1 unspecified atom stereocenters. The minimum absolute atomic E-state index is 0. The number of nitrogens with zero attached hydrogens (tertiary/aromatic N) is 1. The summed E-state index contributed by atoms with van der Waals surface area (Å²) in [6, 6.07) is 14.7. The van der Waals surface area contributed by atoms with Crippen molar-refractivity contribution in [3.8, 4) is 17.2 Å². The van der Waals surface area contributed by atoms with Crippen LogP contribution in [-0.4, -0.2) is 39.9 Å². The Morgan fingerprint density at radius 2 is 1.60 bits per heavy atom. The molecule has 2 aromatic carbocycles. The van der Waals surface area contributed by atoms with Gasteiger partial charge in [-0.1, -0.05) is 30.3 Å². The maximum absolute atomic E-state index is 5.43. The first-order chi connectivity index (χ1) is 14.1. The van der Waals surface area contributed by atoms with Crippen LogP contribution in [0.3, 0.4) is 0 Å². The van der Waals surface area contributed by atoms with Gasteiger partial charge in [0, 0.05) is 12.6 Å². The molecule has 0 radical (unpaired) electrons. The average Bonchev–Trinajstić information content (AvgIpc) is 2.76. The molecule has 2 aromatic rings. The van der Waals surface area contributed by atoms with Crippen molar-refractivity contribution in [3.05, 3.63) is 53.6 Å². The van der Waals surface area contributed by atoms with E-state index in [9.17, 15) is 0 Å². The zero-order chi connectivity index (χ0) is 21.1. The lowest BCUT2D eigenvalue weighted by Gasteiger charge is -2.18. The second-order valence-corrected chi connectivity index (χ2v) is 6.80. The Bertz CT molecular complexity index is 760. The molecule has 2 N–H and O–H groups in total. The lowest BCUT2D eigenvalue weighted by Crippen LogP contribution is -2.42. The van der Waals surface area contributed by atoms with Crippen LogP contribution in [0.1, 0.15) is 31.4 Å². The van der Waals surface area contributed by atoms with Crippen molar-refractivity contribution in [2.24, 2.45) is 4.99 Å². The molecule has 0 fully saturated rings. The molecule has 0 bridgehead atoms. The van der Waals surface area contributed by atoms with Crippen LogP contribution in [-0.2, 0) is 13.0 Å². The molecule has 0 aliphatic carbocycles. The number of benzene rings is 2. The first kappa shape index (κ1) is 25.9. The van der Waals surface area contributed by atoms with E-state index in [4.69, 9.17) is 19.2 Å². The summed E-state index contributed by atoms with van der Waals surface area (Å²) in [4.78, 5) is 4.73. The second kappa shape index (κ2) is 14.0. The maximum atomic E-state index is 5.43. The summed E-state index contributed by atoms with van der Waals surface area (Å²) in [5.74, 6) is 2.64. The highest BCUT2D eigenvalue weighted by Gasteiger charge is 2.13. The van der Waals surface area contributed by atoms with Gasteiger partial charge in [-0.2, -0.15) is 0 Å². The minimum Gasteiger partial charge on any atom is -0.493 e. The molecule has 0 aliphatic rings. The Labute approximate surface area is 197 Å². The van der Waals surface area contributed by atoms with E-state index in [0.29, 0.717) is 29.8 Å². The molecule has 0 saturated heterocycles. The summed E-state index contributed by atoms with van der Waals surface area (Å²) in [5, 5.41) is 6.80. The van der Waals surface area contributed by atoms with Gasteiger partial charge >= 0.3 is 0 Å². The van der Waals surface area contributed by atoms with Crippen LogP contribution >= 0.6 is 24.0 Å². The number of guanidine groups is 1. The van der Waals surface area contributed by atoms with Gasteiger partial charge < -0.3 is 24.8 Å². The smallest absolute Gasteiger partial charge is 0.203 e. The van der Waals surface area contributed by atoms with Gasteiger partial charge in [0.2, 0.25) is 5.75 Å². The Morgan fingerprint density at radius 3 is 2.13 bits per heavy atom. The van der Waals surface area contributed by atoms with E-state index in [0.717, 1.165) is 30.9 Å². The summed E-state index contributed by atoms with van der Waals surface area (Å²) in [5.41, 5.74) is 2.33. The van der Waals surface area contributed by atoms with E-state index in [1.54, 1.807) is 21.3 Å². The number of hydrogen-bond acceptors (Lipinski definition) is 4. The predicted octanol–water partition coefficient (Wildman–Crippen LogP) is 4.41. The van der Waals surface area contributed by atoms with Crippen molar-refractivity contribution < 1.29 is 14.2 Å². The van der Waals surface area contributed by atoms with Gasteiger partial charge in [0.15, 0.2) is 17.5 Å². The summed E-state index contributed by atoms with van der Waals surface area (Å²) in [6.07, 6.45) is 2.06. The highest BCUT2D eigenvalue weighted by molar-refractivity contribution is 14.0. The minimum atomic E-state index is 0. The number of aryl methyl sites for hydroxylation is 1. The van der Waals surface area contributed by atoms with Crippen molar-refractivity contribution in [1.82, 2.24) is 10.6 Å². The van der Waals surface area contributed by atoms with Gasteiger partial charge in [-0.15, -0.1) is 24.0 Å². The lowest BCUT2D eigenvalue weighted by molar-refractivity contribution is 0.324. The number of methoxy groups -OCH3 is 3. The number of aliphatic imine (C=N–C) groups is 1. The van der Waals surface area contributed by atoms with Gasteiger partial charge in [0.1, 0.15) is 0 Å². The molecule has 0 spiro atoms. The Morgan fingerprint density at radius 1 is 0.967 bits per heavy atom. The first-order valence-electron chi connectivity index (χ1n) is 9.98. The quantitative estimate of drug-likeness (QED) is 0.273. The lowest BCUT2D eigenvalue weighted by atomic mass is 10.1. The fraction of sp³-hybridized carbons (Fsp3) is 0.435. The Kier molecular flexibility index (Phi) is 12.0. The van der Waals surface area contributed by atoms with E-state index in [-0.39, 0.29) is 24.0 Å². The van der Waals surface area contributed by atoms with Crippen LogP contribution in [0.5, 0.6) is 17.2 Å². The summed E-state index contributed by atoms with van der Waals surface area (Å²) >= 11 is 0. The molecule has 1 atom stereocenters. The van der Waals surface area contributed by atoms with Gasteiger partial charge in [-0.05, 0) is 49.9 Å². The zero-order valence-corrected chi connectivity index (χ0v) is 20.9. The molecule has 0 amide bonds. The normalized spacial score (nSPS) is 11.8. The van der Waals surface area contributed by atoms with Gasteiger partial charge in [0.05, 0.1) is 27.9 Å². The molecule has 166 valence electrons. The molecule has 0 heterocycles. The highest BCUT2D eigenvalue weighted by Crippen LogP contribution is 2.38. The van der Waals surface area contributed by atoms with Crippen LogP contribution in [0.4, 0.5) is 0 Å². The standard InChI is InChI=1S/C23H33N3O3.HI/c1-6-24-23(26-17(2)12-13-18-10-8-7-9-11-18)25-16-19-14-20(27-3)22(29-5)21(15-19)28-4;/h7-11,14-15,17H,6,12-13,16H2,1-5H3,(H2,24,25,26);1H. The van der Waals surface area contributed by atoms with Crippen molar-refractivity contribution in [2.75, 3.05) is 27.9 Å². The Hall–Kier alpha value is -2.16. The number of halogens is 1. The molecule has 30 heavy (non-hydrogen) atoms. The van der Waals surface area contributed by atoms with Crippen molar-refractivity contribution in [3.63, 3.8) is 0 Å². The van der Waals surface area contributed by atoms with Gasteiger partial charge in [-0.3, -0.25) is 0 Å². The van der Waals surface area contributed by atoms with Gasteiger partial charge in [-0.25, -0.2) is 4.99 Å². The third kappa shape index (κ3) is 7.93.